The number of benzene rings is 1. The predicted molar refractivity (Wildman–Crippen MR) is 151 cm³/mol. The molecule has 0 atom stereocenters. The first-order valence-electron chi connectivity index (χ1n) is 13.9. The van der Waals surface area contributed by atoms with Gasteiger partial charge in [0.25, 0.3) is 0 Å². The molecule has 204 valence electrons. The minimum absolute atomic E-state index is 0.141. The lowest BCUT2D eigenvalue weighted by Gasteiger charge is -2.17. The van der Waals surface area contributed by atoms with Crippen LogP contribution in [0.2, 0.25) is 0 Å². The van der Waals surface area contributed by atoms with E-state index in [9.17, 15) is 13.2 Å². The van der Waals surface area contributed by atoms with Gasteiger partial charge in [0, 0.05) is 36.3 Å². The number of hydrogen-bond acceptors (Lipinski definition) is 7. The van der Waals surface area contributed by atoms with Gasteiger partial charge in [-0.2, -0.15) is 0 Å². The molecule has 1 aromatic carbocycles. The number of fused-ring (bicyclic) bond motifs is 4. The van der Waals surface area contributed by atoms with Crippen molar-refractivity contribution in [2.75, 3.05) is 42.9 Å². The van der Waals surface area contributed by atoms with E-state index in [0.717, 1.165) is 72.2 Å². The van der Waals surface area contributed by atoms with Gasteiger partial charge in [0.2, 0.25) is 21.8 Å². The largest absolute Gasteiger partial charge is 0.476 e. The van der Waals surface area contributed by atoms with Crippen LogP contribution in [0.15, 0.2) is 36.7 Å². The molecule has 1 spiro atoms. The molecule has 3 aromatic rings. The molecule has 2 aliphatic heterocycles. The highest BCUT2D eigenvalue weighted by molar-refractivity contribution is 7.93. The Morgan fingerprint density at radius 3 is 2.62 bits per heavy atom. The van der Waals surface area contributed by atoms with Crippen molar-refractivity contribution in [1.29, 1.82) is 0 Å². The molecule has 4 heterocycles. The van der Waals surface area contributed by atoms with Gasteiger partial charge >= 0.3 is 0 Å². The minimum Gasteiger partial charge on any atom is -0.476 e. The number of carbonyl (C=O) groups is 1. The number of hydrogen-bond donors (Lipinski definition) is 1. The van der Waals surface area contributed by atoms with Crippen molar-refractivity contribution < 1.29 is 17.9 Å². The molecule has 0 bridgehead atoms. The second kappa shape index (κ2) is 9.16. The quantitative estimate of drug-likeness (QED) is 0.403. The Hall–Kier alpha value is -3.24. The number of likely N-dealkylation sites (N-methyl/N-ethyl adjacent to an activating group) is 1. The fourth-order valence-electron chi connectivity index (χ4n) is 6.12. The van der Waals surface area contributed by atoms with Gasteiger partial charge in [-0.1, -0.05) is 6.07 Å². The normalized spacial score (nSPS) is 20.1. The standard InChI is InChI=1S/C29H33N5O4S/c1-33-25-18-30-23-8-5-19(15-22(23)26(25)29(9-10-29)28(33)35)20-16-24(32-39(36,37)21-6-7-21)27(31-17-20)38-14-4-13-34-11-2-3-12-34/h5,8,15-18,21,32H,2-4,6-7,9-14H2,1H3. The van der Waals surface area contributed by atoms with Gasteiger partial charge in [-0.25, -0.2) is 13.4 Å². The molecule has 4 aliphatic rings. The van der Waals surface area contributed by atoms with Crippen molar-refractivity contribution in [2.24, 2.45) is 0 Å². The van der Waals surface area contributed by atoms with Crippen molar-refractivity contribution in [3.8, 4) is 17.0 Å². The third-order valence-electron chi connectivity index (χ3n) is 8.61. The molecule has 1 N–H and O–H groups in total. The number of pyridine rings is 2. The highest BCUT2D eigenvalue weighted by Crippen LogP contribution is 2.58. The Morgan fingerprint density at radius 1 is 1.08 bits per heavy atom. The Morgan fingerprint density at radius 2 is 1.87 bits per heavy atom. The van der Waals surface area contributed by atoms with Gasteiger partial charge in [-0.15, -0.1) is 0 Å². The molecule has 9 nitrogen and oxygen atoms in total. The summed E-state index contributed by atoms with van der Waals surface area (Å²) in [5.41, 5.74) is 4.36. The molecule has 2 aliphatic carbocycles. The van der Waals surface area contributed by atoms with Crippen LogP contribution in [0.3, 0.4) is 0 Å². The lowest BCUT2D eigenvalue weighted by atomic mass is 9.92. The van der Waals surface area contributed by atoms with Crippen LogP contribution in [0.25, 0.3) is 22.0 Å². The van der Waals surface area contributed by atoms with Crippen molar-refractivity contribution >= 4 is 38.2 Å². The molecular formula is C29H33N5O4S. The van der Waals surface area contributed by atoms with Crippen LogP contribution in [-0.4, -0.2) is 67.7 Å². The summed E-state index contributed by atoms with van der Waals surface area (Å²) >= 11 is 0. The van der Waals surface area contributed by atoms with Crippen molar-refractivity contribution in [3.05, 3.63) is 42.2 Å². The van der Waals surface area contributed by atoms with E-state index in [0.29, 0.717) is 31.0 Å². The van der Waals surface area contributed by atoms with Crippen LogP contribution in [0.1, 0.15) is 50.5 Å². The molecule has 10 heteroatoms. The second-order valence-corrected chi connectivity index (χ2v) is 13.3. The summed E-state index contributed by atoms with van der Waals surface area (Å²) in [6.45, 7) is 3.71. The Balaban J connectivity index is 1.21. The van der Waals surface area contributed by atoms with Crippen molar-refractivity contribution in [2.45, 2.75) is 55.6 Å². The molecular weight excluding hydrogens is 514 g/mol. The molecule has 39 heavy (non-hydrogen) atoms. The van der Waals surface area contributed by atoms with E-state index >= 15 is 0 Å². The van der Waals surface area contributed by atoms with E-state index in [-0.39, 0.29) is 11.2 Å². The number of amides is 1. The van der Waals surface area contributed by atoms with E-state index in [2.05, 4.69) is 25.7 Å². The van der Waals surface area contributed by atoms with Crippen LogP contribution < -0.4 is 14.4 Å². The Bertz CT molecular complexity index is 1580. The molecule has 3 fully saturated rings. The topological polar surface area (TPSA) is 105 Å². The second-order valence-electron chi connectivity index (χ2n) is 11.4. The summed E-state index contributed by atoms with van der Waals surface area (Å²) in [5, 5.41) is 0.602. The number of aromatic nitrogens is 2. The highest BCUT2D eigenvalue weighted by Gasteiger charge is 2.59. The maximum atomic E-state index is 13.0. The summed E-state index contributed by atoms with van der Waals surface area (Å²) < 4.78 is 34.5. The van der Waals surface area contributed by atoms with Gasteiger partial charge in [0.1, 0.15) is 5.69 Å². The maximum absolute atomic E-state index is 13.0. The van der Waals surface area contributed by atoms with Gasteiger partial charge < -0.3 is 14.5 Å². The monoisotopic (exact) mass is 547 g/mol. The summed E-state index contributed by atoms with van der Waals surface area (Å²) in [7, 11) is -1.68. The van der Waals surface area contributed by atoms with Gasteiger partial charge in [0.05, 0.1) is 34.7 Å². The van der Waals surface area contributed by atoms with Crippen LogP contribution in [0, 0.1) is 0 Å². The van der Waals surface area contributed by atoms with Crippen LogP contribution in [0.4, 0.5) is 11.4 Å². The van der Waals surface area contributed by atoms with E-state index in [1.807, 2.05) is 25.2 Å². The number of nitrogens with zero attached hydrogens (tertiary/aromatic N) is 4. The first kappa shape index (κ1) is 24.8. The summed E-state index contributed by atoms with van der Waals surface area (Å²) in [6.07, 6.45) is 9.93. The molecule has 1 amide bonds. The first-order chi connectivity index (χ1) is 18.9. The van der Waals surface area contributed by atoms with Crippen molar-refractivity contribution in [1.82, 2.24) is 14.9 Å². The summed E-state index contributed by atoms with van der Waals surface area (Å²) in [5.74, 6) is 0.443. The van der Waals surface area contributed by atoms with E-state index < -0.39 is 15.4 Å². The smallest absolute Gasteiger partial charge is 0.238 e. The molecule has 2 aromatic heterocycles. The number of ether oxygens (including phenoxy) is 1. The first-order valence-corrected chi connectivity index (χ1v) is 15.5. The lowest BCUT2D eigenvalue weighted by molar-refractivity contribution is -0.119. The molecule has 0 radical (unpaired) electrons. The lowest BCUT2D eigenvalue weighted by Crippen LogP contribution is -2.28. The number of nitrogens with one attached hydrogen (secondary N) is 1. The van der Waals surface area contributed by atoms with Gasteiger partial charge in [0.15, 0.2) is 0 Å². The third kappa shape index (κ3) is 4.34. The van der Waals surface area contributed by atoms with E-state index in [1.165, 1.54) is 12.8 Å². The SMILES string of the molecule is CN1C(=O)C2(CC2)c2c1cnc1ccc(-c3cnc(OCCCN4CCCC4)c(NS(=O)(=O)C4CC4)c3)cc21. The van der Waals surface area contributed by atoms with E-state index in [4.69, 9.17) is 4.74 Å². The number of likely N-dealkylation sites (tertiary alicyclic amines) is 1. The Kier molecular flexibility index (Phi) is 5.82. The molecule has 0 unspecified atom stereocenters. The van der Waals surface area contributed by atoms with Crippen LogP contribution in [-0.2, 0) is 20.2 Å². The fourth-order valence-corrected chi connectivity index (χ4v) is 7.50. The maximum Gasteiger partial charge on any atom is 0.238 e. The molecule has 1 saturated heterocycles. The zero-order chi connectivity index (χ0) is 26.8. The number of carbonyl (C=O) groups excluding carboxylic acids is 1. The minimum atomic E-state index is -3.50. The molecule has 7 rings (SSSR count). The fraction of sp³-hybridized carbons (Fsp3) is 0.483. The highest BCUT2D eigenvalue weighted by atomic mass is 32.2. The molecule has 2 saturated carbocycles. The van der Waals surface area contributed by atoms with Gasteiger partial charge in [-0.05, 0) is 81.8 Å². The summed E-state index contributed by atoms with van der Waals surface area (Å²) in [4.78, 5) is 26.3. The zero-order valence-electron chi connectivity index (χ0n) is 22.1. The number of anilines is 2. The van der Waals surface area contributed by atoms with Gasteiger partial charge in [-0.3, -0.25) is 14.5 Å². The summed E-state index contributed by atoms with van der Waals surface area (Å²) in [6, 6.07) is 7.79. The van der Waals surface area contributed by atoms with Crippen LogP contribution >= 0.6 is 0 Å². The zero-order valence-corrected chi connectivity index (χ0v) is 23.0. The predicted octanol–water partition coefficient (Wildman–Crippen LogP) is 4.07. The third-order valence-corrected chi connectivity index (χ3v) is 10.5. The van der Waals surface area contributed by atoms with E-state index in [1.54, 1.807) is 17.3 Å². The Labute approximate surface area is 228 Å². The average molecular weight is 548 g/mol. The average Bonchev–Trinajstić information content (AvgIpc) is 3.87. The number of sulfonamides is 1. The number of rotatable bonds is 9. The van der Waals surface area contributed by atoms with Crippen molar-refractivity contribution in [3.63, 3.8) is 0 Å². The van der Waals surface area contributed by atoms with Crippen LogP contribution in [0.5, 0.6) is 5.88 Å².